The predicted molar refractivity (Wildman–Crippen MR) is 127 cm³/mol. The van der Waals surface area contributed by atoms with Gasteiger partial charge >= 0.3 is 5.63 Å². The number of ether oxygens (including phenoxy) is 5. The summed E-state index contributed by atoms with van der Waals surface area (Å²) in [5, 5.41) is 10.9. The number of allylic oxidation sites excluding steroid dienone is 1. The highest BCUT2D eigenvalue weighted by Crippen LogP contribution is 2.51. The topological polar surface area (TPSA) is 96.6 Å². The molecule has 0 bridgehead atoms. The minimum Gasteiger partial charge on any atom is -0.502 e. The van der Waals surface area contributed by atoms with Gasteiger partial charge in [0.1, 0.15) is 6.10 Å². The zero-order valence-electron chi connectivity index (χ0n) is 20.1. The molecule has 34 heavy (non-hydrogen) atoms. The summed E-state index contributed by atoms with van der Waals surface area (Å²) in [6.45, 7) is 9.45. The van der Waals surface area contributed by atoms with Gasteiger partial charge in [0.05, 0.1) is 21.3 Å². The Morgan fingerprint density at radius 2 is 1.59 bits per heavy atom. The van der Waals surface area contributed by atoms with E-state index in [0.717, 1.165) is 0 Å². The SMILES string of the molecule is C=CC(C)(C)c1cc2cc(OC)c3c(c2oc1=O)O[C@@H](c1cc(OC)c(O)c(OC)c1)[C@H](C)O3. The van der Waals surface area contributed by atoms with Crippen LogP contribution in [0, 0.1) is 0 Å². The first-order chi connectivity index (χ1) is 16.1. The summed E-state index contributed by atoms with van der Waals surface area (Å²) >= 11 is 0. The Labute approximate surface area is 197 Å². The second kappa shape index (κ2) is 8.52. The number of aromatic hydroxyl groups is 1. The highest BCUT2D eigenvalue weighted by Gasteiger charge is 2.36. The molecule has 2 atom stereocenters. The lowest BCUT2D eigenvalue weighted by molar-refractivity contribution is 0.0284. The monoisotopic (exact) mass is 468 g/mol. The molecule has 2 aromatic carbocycles. The summed E-state index contributed by atoms with van der Waals surface area (Å²) in [6, 6.07) is 6.81. The standard InChI is InChI=1S/C26H28O8/c1-8-26(3,4)16-9-14-12-19(31-7)23-24(22(14)34-25(16)28)33-21(13(2)32-23)15-10-17(29-5)20(27)18(11-15)30-6/h8-13,21,27H,1H2,2-7H3/t13-,21+/m0/s1. The fourth-order valence-corrected chi connectivity index (χ4v) is 4.01. The normalized spacial score (nSPS) is 17.4. The second-order valence-corrected chi connectivity index (χ2v) is 8.66. The predicted octanol–water partition coefficient (Wildman–Crippen LogP) is 4.89. The average molecular weight is 469 g/mol. The fraction of sp³-hybridized carbons (Fsp3) is 0.346. The van der Waals surface area contributed by atoms with Gasteiger partial charge < -0.3 is 33.2 Å². The maximum atomic E-state index is 12.9. The molecule has 3 aromatic rings. The quantitative estimate of drug-likeness (QED) is 0.404. The Bertz CT molecular complexity index is 1300. The van der Waals surface area contributed by atoms with Crippen LogP contribution in [0.15, 0.2) is 46.1 Å². The van der Waals surface area contributed by atoms with Gasteiger partial charge in [0.25, 0.3) is 0 Å². The molecule has 1 aliphatic rings. The first-order valence-corrected chi connectivity index (χ1v) is 10.8. The van der Waals surface area contributed by atoms with E-state index in [4.69, 9.17) is 28.1 Å². The molecule has 0 saturated carbocycles. The highest BCUT2D eigenvalue weighted by atomic mass is 16.6. The van der Waals surface area contributed by atoms with Crippen LogP contribution in [-0.4, -0.2) is 32.5 Å². The Morgan fingerprint density at radius 1 is 0.971 bits per heavy atom. The maximum Gasteiger partial charge on any atom is 0.340 e. The number of hydrogen-bond acceptors (Lipinski definition) is 8. The average Bonchev–Trinajstić information content (AvgIpc) is 2.83. The van der Waals surface area contributed by atoms with Gasteiger partial charge in [-0.25, -0.2) is 4.79 Å². The summed E-state index contributed by atoms with van der Waals surface area (Å²) < 4.78 is 34.5. The number of methoxy groups -OCH3 is 3. The lowest BCUT2D eigenvalue weighted by atomic mass is 9.85. The van der Waals surface area contributed by atoms with E-state index in [1.165, 1.54) is 21.3 Å². The molecule has 1 aromatic heterocycles. The van der Waals surface area contributed by atoms with Gasteiger partial charge in [-0.1, -0.05) is 19.9 Å². The third kappa shape index (κ3) is 3.69. The Kier molecular flexibility index (Phi) is 5.85. The van der Waals surface area contributed by atoms with Crippen LogP contribution in [-0.2, 0) is 5.41 Å². The number of fused-ring (bicyclic) bond motifs is 3. The van der Waals surface area contributed by atoms with Gasteiger partial charge in [-0.15, -0.1) is 6.58 Å². The van der Waals surface area contributed by atoms with E-state index in [1.54, 1.807) is 30.3 Å². The lowest BCUT2D eigenvalue weighted by Gasteiger charge is -2.33. The lowest BCUT2D eigenvalue weighted by Crippen LogP contribution is -2.31. The van der Waals surface area contributed by atoms with Gasteiger partial charge in [0.15, 0.2) is 28.9 Å². The van der Waals surface area contributed by atoms with Crippen molar-refractivity contribution in [1.29, 1.82) is 0 Å². The van der Waals surface area contributed by atoms with E-state index in [0.29, 0.717) is 28.0 Å². The maximum absolute atomic E-state index is 12.9. The minimum absolute atomic E-state index is 0.117. The zero-order chi connectivity index (χ0) is 24.8. The van der Waals surface area contributed by atoms with E-state index < -0.39 is 23.2 Å². The van der Waals surface area contributed by atoms with Gasteiger partial charge in [-0.3, -0.25) is 0 Å². The van der Waals surface area contributed by atoms with E-state index in [1.807, 2.05) is 20.8 Å². The molecule has 0 fully saturated rings. The van der Waals surface area contributed by atoms with E-state index in [9.17, 15) is 9.90 Å². The molecular weight excluding hydrogens is 440 g/mol. The van der Waals surface area contributed by atoms with Crippen LogP contribution in [0.2, 0.25) is 0 Å². The van der Waals surface area contributed by atoms with Crippen LogP contribution in [0.5, 0.6) is 34.5 Å². The molecule has 1 N–H and O–H groups in total. The van der Waals surface area contributed by atoms with Crippen molar-refractivity contribution >= 4 is 11.0 Å². The fourth-order valence-electron chi connectivity index (χ4n) is 4.01. The number of phenols is 1. The van der Waals surface area contributed by atoms with Crippen molar-refractivity contribution in [3.8, 4) is 34.5 Å². The Hall–Kier alpha value is -3.81. The molecule has 0 spiro atoms. The van der Waals surface area contributed by atoms with E-state index >= 15 is 0 Å². The smallest absolute Gasteiger partial charge is 0.340 e. The molecule has 8 nitrogen and oxygen atoms in total. The molecular formula is C26H28O8. The van der Waals surface area contributed by atoms with Gasteiger partial charge in [0.2, 0.25) is 17.2 Å². The minimum atomic E-state index is -0.624. The third-order valence-electron chi connectivity index (χ3n) is 6.13. The van der Waals surface area contributed by atoms with Crippen molar-refractivity contribution in [1.82, 2.24) is 0 Å². The number of benzene rings is 2. The van der Waals surface area contributed by atoms with Gasteiger partial charge in [-0.05, 0) is 31.2 Å². The molecule has 0 amide bonds. The third-order valence-corrected chi connectivity index (χ3v) is 6.13. The number of hydrogen-bond donors (Lipinski definition) is 1. The molecule has 1 aliphatic heterocycles. The first kappa shape index (κ1) is 23.4. The molecule has 0 unspecified atom stereocenters. The molecule has 2 heterocycles. The largest absolute Gasteiger partial charge is 0.502 e. The van der Waals surface area contributed by atoms with E-state index in [-0.39, 0.29) is 28.6 Å². The van der Waals surface area contributed by atoms with Crippen LogP contribution in [0.3, 0.4) is 0 Å². The molecule has 180 valence electrons. The van der Waals surface area contributed by atoms with Crippen molar-refractivity contribution in [2.75, 3.05) is 21.3 Å². The molecule has 0 radical (unpaired) electrons. The van der Waals surface area contributed by atoms with Crippen LogP contribution in [0.25, 0.3) is 11.0 Å². The Morgan fingerprint density at radius 3 is 2.15 bits per heavy atom. The second-order valence-electron chi connectivity index (χ2n) is 8.66. The summed E-state index contributed by atoms with van der Waals surface area (Å²) in [7, 11) is 4.43. The summed E-state index contributed by atoms with van der Waals surface area (Å²) in [5.74, 6) is 1.39. The van der Waals surface area contributed by atoms with Crippen LogP contribution in [0.1, 0.15) is 38.0 Å². The van der Waals surface area contributed by atoms with Crippen molar-refractivity contribution in [3.63, 3.8) is 0 Å². The van der Waals surface area contributed by atoms with E-state index in [2.05, 4.69) is 6.58 Å². The van der Waals surface area contributed by atoms with Gasteiger partial charge in [0, 0.05) is 21.9 Å². The summed E-state index contributed by atoms with van der Waals surface area (Å²) in [6.07, 6.45) is 0.619. The van der Waals surface area contributed by atoms with Crippen molar-refractivity contribution < 1.29 is 33.2 Å². The highest BCUT2D eigenvalue weighted by molar-refractivity contribution is 5.89. The van der Waals surface area contributed by atoms with Crippen molar-refractivity contribution in [3.05, 3.63) is 58.5 Å². The van der Waals surface area contributed by atoms with Crippen LogP contribution < -0.4 is 29.3 Å². The van der Waals surface area contributed by atoms with Crippen molar-refractivity contribution in [2.45, 2.75) is 38.4 Å². The van der Waals surface area contributed by atoms with Crippen LogP contribution >= 0.6 is 0 Å². The van der Waals surface area contributed by atoms with Gasteiger partial charge in [-0.2, -0.15) is 0 Å². The summed E-state index contributed by atoms with van der Waals surface area (Å²) in [4.78, 5) is 12.9. The van der Waals surface area contributed by atoms with Crippen molar-refractivity contribution in [2.24, 2.45) is 0 Å². The zero-order valence-corrected chi connectivity index (χ0v) is 20.1. The first-order valence-electron chi connectivity index (χ1n) is 10.8. The summed E-state index contributed by atoms with van der Waals surface area (Å²) in [5.41, 5.74) is 0.278. The molecule has 4 rings (SSSR count). The van der Waals surface area contributed by atoms with Crippen LogP contribution in [0.4, 0.5) is 0 Å². The number of rotatable bonds is 6. The molecule has 0 saturated heterocycles. The molecule has 0 aliphatic carbocycles. The molecule has 8 heteroatoms. The number of phenolic OH excluding ortho intramolecular Hbond substituents is 1. The Balaban J connectivity index is 1.91.